The Labute approximate surface area is 53.1 Å². The van der Waals surface area contributed by atoms with Crippen molar-refractivity contribution in [2.45, 2.75) is 6.42 Å². The molecule has 0 atom stereocenters. The van der Waals surface area contributed by atoms with E-state index in [9.17, 15) is 4.79 Å². The predicted octanol–water partition coefficient (Wildman–Crippen LogP) is -0.780. The van der Waals surface area contributed by atoms with E-state index in [0.29, 0.717) is 0 Å². The number of carbonyl (C=O) groups is 1. The second kappa shape index (κ2) is 4.39. The second-order valence-electron chi connectivity index (χ2n) is 1.17. The van der Waals surface area contributed by atoms with E-state index in [-0.39, 0.29) is 24.7 Å². The van der Waals surface area contributed by atoms with Crippen LogP contribution in [-0.4, -0.2) is 11.7 Å². The largest absolute Gasteiger partial charge is 0.387 e. The summed E-state index contributed by atoms with van der Waals surface area (Å²) >= 11 is 0. The molecule has 0 aromatic heterocycles. The molecule has 0 aliphatic carbocycles. The predicted molar refractivity (Wildman–Crippen MR) is 33.0 cm³/mol. The maximum Gasteiger partial charge on any atom is 0.224 e. The number of carbonyl (C=O) groups excluding carboxylic acids is 1. The molecule has 0 saturated heterocycles. The third kappa shape index (κ3) is 8.97. The lowest BCUT2D eigenvalue weighted by Crippen LogP contribution is -2.20. The fourth-order valence-corrected chi connectivity index (χ4v) is 0.188. The van der Waals surface area contributed by atoms with E-state index in [4.69, 9.17) is 11.1 Å². The van der Waals surface area contributed by atoms with Crippen molar-refractivity contribution < 1.29 is 4.79 Å². The molecule has 0 aromatic carbocycles. The van der Waals surface area contributed by atoms with Crippen molar-refractivity contribution in [3.63, 3.8) is 0 Å². The molecule has 0 saturated carbocycles. The van der Waals surface area contributed by atoms with Crippen molar-refractivity contribution in [2.75, 3.05) is 0 Å². The van der Waals surface area contributed by atoms with Gasteiger partial charge in [0.25, 0.3) is 0 Å². The highest BCUT2D eigenvalue weighted by molar-refractivity contribution is 5.96. The number of amidine groups is 1. The zero-order chi connectivity index (χ0) is 5.86. The molecule has 0 bridgehead atoms. The van der Waals surface area contributed by atoms with Crippen molar-refractivity contribution in [3.05, 3.63) is 0 Å². The monoisotopic (exact) mass is 137 g/mol. The van der Waals surface area contributed by atoms with Gasteiger partial charge in [-0.15, -0.1) is 12.4 Å². The summed E-state index contributed by atoms with van der Waals surface area (Å²) in [7, 11) is 0. The molecule has 0 unspecified atom stereocenters. The van der Waals surface area contributed by atoms with Gasteiger partial charge in [0.15, 0.2) is 0 Å². The number of primary amides is 1. The number of halogens is 1. The second-order valence-corrected chi connectivity index (χ2v) is 1.17. The minimum Gasteiger partial charge on any atom is -0.387 e. The van der Waals surface area contributed by atoms with Crippen molar-refractivity contribution in [1.82, 2.24) is 0 Å². The highest BCUT2D eigenvalue weighted by Gasteiger charge is 1.92. The van der Waals surface area contributed by atoms with Crippen LogP contribution in [0.5, 0.6) is 0 Å². The molecule has 0 aliphatic heterocycles. The smallest absolute Gasteiger partial charge is 0.224 e. The molecule has 5 heteroatoms. The molecule has 0 aliphatic rings. The first-order chi connectivity index (χ1) is 3.13. The molecule has 8 heavy (non-hydrogen) atoms. The lowest BCUT2D eigenvalue weighted by molar-refractivity contribution is -0.116. The third-order valence-corrected chi connectivity index (χ3v) is 0.365. The Morgan fingerprint density at radius 1 is 1.50 bits per heavy atom. The molecule has 0 radical (unpaired) electrons. The van der Waals surface area contributed by atoms with E-state index in [1.165, 1.54) is 0 Å². The number of hydrogen-bond acceptors (Lipinski definition) is 2. The van der Waals surface area contributed by atoms with E-state index in [0.717, 1.165) is 0 Å². The van der Waals surface area contributed by atoms with Crippen LogP contribution >= 0.6 is 12.4 Å². The summed E-state index contributed by atoms with van der Waals surface area (Å²) in [5.41, 5.74) is 9.41. The van der Waals surface area contributed by atoms with Gasteiger partial charge in [-0.25, -0.2) is 0 Å². The van der Waals surface area contributed by atoms with Gasteiger partial charge < -0.3 is 11.5 Å². The summed E-state index contributed by atoms with van der Waals surface area (Å²) in [5, 5.41) is 6.50. The van der Waals surface area contributed by atoms with Crippen LogP contribution in [0.1, 0.15) is 6.42 Å². The van der Waals surface area contributed by atoms with Crippen LogP contribution in [0.25, 0.3) is 0 Å². The van der Waals surface area contributed by atoms with Crippen LogP contribution in [0.15, 0.2) is 0 Å². The van der Waals surface area contributed by atoms with Gasteiger partial charge in [-0.05, 0) is 0 Å². The molecule has 0 spiro atoms. The van der Waals surface area contributed by atoms with Gasteiger partial charge in [-0.1, -0.05) is 0 Å². The Balaban J connectivity index is 0. The van der Waals surface area contributed by atoms with Crippen molar-refractivity contribution in [1.29, 1.82) is 5.41 Å². The summed E-state index contributed by atoms with van der Waals surface area (Å²) in [4.78, 5) is 9.81. The average molecular weight is 138 g/mol. The Kier molecular flexibility index (Phi) is 5.63. The van der Waals surface area contributed by atoms with Gasteiger partial charge in [0.1, 0.15) is 0 Å². The van der Waals surface area contributed by atoms with Crippen LogP contribution < -0.4 is 11.5 Å². The van der Waals surface area contributed by atoms with Crippen molar-refractivity contribution in [2.24, 2.45) is 11.5 Å². The van der Waals surface area contributed by atoms with E-state index in [1.54, 1.807) is 0 Å². The molecular weight excluding hydrogens is 130 g/mol. The highest BCUT2D eigenvalue weighted by Crippen LogP contribution is 1.69. The third-order valence-electron chi connectivity index (χ3n) is 0.365. The summed E-state index contributed by atoms with van der Waals surface area (Å²) in [6.45, 7) is 0. The summed E-state index contributed by atoms with van der Waals surface area (Å²) in [5.74, 6) is -0.750. The number of hydrogen-bond donors (Lipinski definition) is 3. The van der Waals surface area contributed by atoms with Gasteiger partial charge in [0.2, 0.25) is 5.91 Å². The minimum atomic E-state index is -0.562. The van der Waals surface area contributed by atoms with Crippen LogP contribution in [0.3, 0.4) is 0 Å². The van der Waals surface area contributed by atoms with Gasteiger partial charge in [0.05, 0.1) is 12.3 Å². The van der Waals surface area contributed by atoms with E-state index in [2.05, 4.69) is 5.73 Å². The number of nitrogens with one attached hydrogen (secondary N) is 1. The van der Waals surface area contributed by atoms with Gasteiger partial charge >= 0.3 is 0 Å². The van der Waals surface area contributed by atoms with E-state index >= 15 is 0 Å². The maximum absolute atomic E-state index is 9.81. The van der Waals surface area contributed by atoms with E-state index < -0.39 is 5.91 Å². The normalized spacial score (nSPS) is 7.00. The number of amides is 1. The number of rotatable bonds is 2. The number of nitrogens with two attached hydrogens (primary N) is 2. The van der Waals surface area contributed by atoms with Crippen molar-refractivity contribution in [3.8, 4) is 0 Å². The molecular formula is C3H8ClN3O. The maximum atomic E-state index is 9.81. The molecule has 0 aromatic rings. The average Bonchev–Trinajstić information content (AvgIpc) is 1.27. The van der Waals surface area contributed by atoms with Crippen molar-refractivity contribution >= 4 is 24.1 Å². The minimum absolute atomic E-state index is 0. The zero-order valence-electron chi connectivity index (χ0n) is 4.18. The van der Waals surface area contributed by atoms with Gasteiger partial charge in [0, 0.05) is 0 Å². The Morgan fingerprint density at radius 3 is 1.88 bits per heavy atom. The van der Waals surface area contributed by atoms with Crippen LogP contribution in [0.2, 0.25) is 0 Å². The summed E-state index contributed by atoms with van der Waals surface area (Å²) < 4.78 is 0. The lowest BCUT2D eigenvalue weighted by atomic mass is 10.4. The van der Waals surface area contributed by atoms with Crippen LogP contribution in [-0.2, 0) is 4.79 Å². The Hall–Kier alpha value is -0.770. The summed E-state index contributed by atoms with van der Waals surface area (Å²) in [6, 6.07) is 0. The van der Waals surface area contributed by atoms with Crippen LogP contribution in [0, 0.1) is 5.41 Å². The molecule has 0 rings (SSSR count). The molecule has 48 valence electrons. The fraction of sp³-hybridized carbons (Fsp3) is 0.333. The Morgan fingerprint density at radius 2 is 1.88 bits per heavy atom. The molecule has 0 fully saturated rings. The highest BCUT2D eigenvalue weighted by atomic mass is 35.5. The Bertz CT molecular complexity index is 90.7. The molecule has 5 N–H and O–H groups in total. The standard InChI is InChI=1S/C3H7N3O.ClH/c4-2(5)1-3(6)7;/h1H2,(H3,4,5)(H2,6,7);1H. The van der Waals surface area contributed by atoms with Crippen LogP contribution in [0.4, 0.5) is 0 Å². The SMILES string of the molecule is Cl.N=C(N)CC(N)=O. The lowest BCUT2D eigenvalue weighted by Gasteiger charge is -1.86. The molecule has 4 nitrogen and oxygen atoms in total. The quantitative estimate of drug-likeness (QED) is 0.344. The fourth-order valence-electron chi connectivity index (χ4n) is 0.188. The topological polar surface area (TPSA) is 93.0 Å². The first-order valence-electron chi connectivity index (χ1n) is 1.74. The molecule has 0 heterocycles. The summed E-state index contributed by atoms with van der Waals surface area (Å²) in [6.07, 6.45) is -0.139. The zero-order valence-corrected chi connectivity index (χ0v) is 4.99. The molecule has 1 amide bonds. The van der Waals surface area contributed by atoms with Gasteiger partial charge in [-0.3, -0.25) is 10.2 Å². The first kappa shape index (κ1) is 10.3. The van der Waals surface area contributed by atoms with Gasteiger partial charge in [-0.2, -0.15) is 0 Å². The first-order valence-corrected chi connectivity index (χ1v) is 1.74. The van der Waals surface area contributed by atoms with E-state index in [1.807, 2.05) is 0 Å².